The van der Waals surface area contributed by atoms with E-state index in [9.17, 15) is 14.0 Å². The van der Waals surface area contributed by atoms with Gasteiger partial charge in [0.15, 0.2) is 0 Å². The van der Waals surface area contributed by atoms with Crippen LogP contribution in [0.5, 0.6) is 0 Å². The van der Waals surface area contributed by atoms with Crippen LogP contribution in [0.25, 0.3) is 5.70 Å². The average Bonchev–Trinajstić information content (AvgIpc) is 2.64. The van der Waals surface area contributed by atoms with E-state index in [1.54, 1.807) is 7.05 Å². The number of amides is 2. The largest absolute Gasteiger partial charge is 0.398 e. The van der Waals surface area contributed by atoms with Gasteiger partial charge in [-0.1, -0.05) is 13.8 Å². The topological polar surface area (TPSA) is 122 Å². The van der Waals surface area contributed by atoms with Gasteiger partial charge in [0.2, 0.25) is 0 Å². The number of carbonyl (C=O) groups is 2. The Balaban J connectivity index is 3.13. The van der Waals surface area contributed by atoms with E-state index in [2.05, 4.69) is 5.32 Å². The average molecular weight is 392 g/mol. The number of nitrogens with one attached hydrogen (secondary N) is 1. The standard InChI is InChI=1S/C20H29FN4O3/c1-12(2)11-25(4)20(28)18(23)6-5-17(22)15-9-14(10-16(21)13(15)3)19(27)24-7-8-26/h5-6,9-10,12,26H,7-8,11,22-23H2,1-4H3,(H,24,27)/b17-5-,18-6-. The minimum atomic E-state index is -0.590. The summed E-state index contributed by atoms with van der Waals surface area (Å²) in [4.78, 5) is 25.8. The third-order valence-electron chi connectivity index (χ3n) is 3.99. The molecule has 0 fully saturated rings. The number of aliphatic hydroxyl groups is 1. The second kappa shape index (κ2) is 10.5. The summed E-state index contributed by atoms with van der Waals surface area (Å²) in [5.41, 5.74) is 12.7. The maximum absolute atomic E-state index is 14.2. The Labute approximate surface area is 164 Å². The third-order valence-corrected chi connectivity index (χ3v) is 3.99. The van der Waals surface area contributed by atoms with Crippen molar-refractivity contribution in [3.05, 3.63) is 52.5 Å². The molecule has 1 rings (SSSR count). The smallest absolute Gasteiger partial charge is 0.269 e. The highest BCUT2D eigenvalue weighted by Crippen LogP contribution is 2.21. The Morgan fingerprint density at radius 3 is 2.50 bits per heavy atom. The summed E-state index contributed by atoms with van der Waals surface area (Å²) in [6.45, 7) is 5.90. The van der Waals surface area contributed by atoms with Crippen molar-refractivity contribution < 1.29 is 19.1 Å². The second-order valence-corrected chi connectivity index (χ2v) is 6.93. The number of nitrogens with zero attached hydrogens (tertiary/aromatic N) is 1. The molecule has 0 unspecified atom stereocenters. The predicted octanol–water partition coefficient (Wildman–Crippen LogP) is 1.11. The van der Waals surface area contributed by atoms with Gasteiger partial charge in [0.25, 0.3) is 11.8 Å². The van der Waals surface area contributed by atoms with E-state index in [4.69, 9.17) is 16.6 Å². The molecule has 1 aromatic carbocycles. The number of rotatable bonds is 8. The van der Waals surface area contributed by atoms with E-state index in [1.165, 1.54) is 30.0 Å². The number of halogens is 1. The Hall–Kier alpha value is -2.87. The van der Waals surface area contributed by atoms with Gasteiger partial charge in [0, 0.05) is 37.0 Å². The Kier molecular flexibility index (Phi) is 8.66. The number of hydrogen-bond acceptors (Lipinski definition) is 5. The molecule has 0 aliphatic carbocycles. The van der Waals surface area contributed by atoms with Crippen molar-refractivity contribution in [2.24, 2.45) is 17.4 Å². The molecule has 0 aliphatic rings. The molecular weight excluding hydrogens is 363 g/mol. The molecule has 0 aromatic heterocycles. The first-order valence-electron chi connectivity index (χ1n) is 8.96. The summed E-state index contributed by atoms with van der Waals surface area (Å²) in [5, 5.41) is 11.2. The zero-order valence-electron chi connectivity index (χ0n) is 16.8. The quantitative estimate of drug-likeness (QED) is 0.390. The molecule has 0 radical (unpaired) electrons. The number of aliphatic hydroxyl groups excluding tert-OH is 1. The second-order valence-electron chi connectivity index (χ2n) is 6.93. The van der Waals surface area contributed by atoms with Gasteiger partial charge in [-0.15, -0.1) is 0 Å². The molecule has 0 atom stereocenters. The molecule has 154 valence electrons. The fraction of sp³-hybridized carbons (Fsp3) is 0.400. The maximum atomic E-state index is 14.2. The number of likely N-dealkylation sites (N-methyl/N-ethyl adjacent to an activating group) is 1. The van der Waals surface area contributed by atoms with E-state index in [1.807, 2.05) is 13.8 Å². The van der Waals surface area contributed by atoms with Gasteiger partial charge < -0.3 is 26.8 Å². The van der Waals surface area contributed by atoms with Crippen LogP contribution < -0.4 is 16.8 Å². The van der Waals surface area contributed by atoms with Gasteiger partial charge in [0.1, 0.15) is 5.82 Å². The SMILES string of the molecule is Cc1c(F)cc(C(=O)NCCO)cc1/C(N)=C/C=C(\N)C(=O)N(C)CC(C)C. The lowest BCUT2D eigenvalue weighted by atomic mass is 10.0. The molecule has 0 saturated carbocycles. The van der Waals surface area contributed by atoms with Crippen LogP contribution in [0.3, 0.4) is 0 Å². The van der Waals surface area contributed by atoms with Crippen molar-refractivity contribution in [1.29, 1.82) is 0 Å². The van der Waals surface area contributed by atoms with Crippen LogP contribution in [0.4, 0.5) is 4.39 Å². The van der Waals surface area contributed by atoms with Gasteiger partial charge in [-0.2, -0.15) is 0 Å². The van der Waals surface area contributed by atoms with Crippen LogP contribution in [0.15, 0.2) is 30.0 Å². The van der Waals surface area contributed by atoms with Gasteiger partial charge in [0.05, 0.1) is 12.3 Å². The summed E-state index contributed by atoms with van der Waals surface area (Å²) < 4.78 is 14.2. The van der Waals surface area contributed by atoms with Crippen LogP contribution in [0, 0.1) is 18.7 Å². The van der Waals surface area contributed by atoms with E-state index in [-0.39, 0.29) is 41.6 Å². The van der Waals surface area contributed by atoms with Crippen molar-refractivity contribution >= 4 is 17.5 Å². The molecule has 6 N–H and O–H groups in total. The molecule has 2 amide bonds. The number of hydrogen-bond donors (Lipinski definition) is 4. The lowest BCUT2D eigenvalue weighted by Crippen LogP contribution is -2.33. The molecule has 0 spiro atoms. The van der Waals surface area contributed by atoms with Gasteiger partial charge >= 0.3 is 0 Å². The summed E-state index contributed by atoms with van der Waals surface area (Å²) in [5.74, 6) is -1.15. The first-order chi connectivity index (χ1) is 13.1. The normalized spacial score (nSPS) is 12.2. The van der Waals surface area contributed by atoms with E-state index in [0.717, 1.165) is 6.07 Å². The van der Waals surface area contributed by atoms with Crippen molar-refractivity contribution in [3.8, 4) is 0 Å². The number of allylic oxidation sites excluding steroid dienone is 2. The lowest BCUT2D eigenvalue weighted by Gasteiger charge is -2.19. The summed E-state index contributed by atoms with van der Waals surface area (Å²) in [6, 6.07) is 2.56. The molecule has 7 nitrogen and oxygen atoms in total. The van der Waals surface area contributed by atoms with Gasteiger partial charge in [-0.3, -0.25) is 9.59 Å². The molecule has 0 aliphatic heterocycles. The molecule has 28 heavy (non-hydrogen) atoms. The van der Waals surface area contributed by atoms with E-state index >= 15 is 0 Å². The fourth-order valence-corrected chi connectivity index (χ4v) is 2.57. The van der Waals surface area contributed by atoms with Crippen molar-refractivity contribution in [2.45, 2.75) is 20.8 Å². The zero-order chi connectivity index (χ0) is 21.4. The first kappa shape index (κ1) is 23.2. The molecule has 1 aromatic rings. The van der Waals surface area contributed by atoms with Crippen LogP contribution in [0.2, 0.25) is 0 Å². The zero-order valence-corrected chi connectivity index (χ0v) is 16.8. The van der Waals surface area contributed by atoms with E-state index in [0.29, 0.717) is 18.0 Å². The minimum absolute atomic E-state index is 0.000989. The van der Waals surface area contributed by atoms with Crippen molar-refractivity contribution in [3.63, 3.8) is 0 Å². The highest BCUT2D eigenvalue weighted by atomic mass is 19.1. The van der Waals surface area contributed by atoms with Crippen LogP contribution in [0.1, 0.15) is 35.3 Å². The summed E-state index contributed by atoms with van der Waals surface area (Å²) in [7, 11) is 1.66. The molecule has 0 saturated heterocycles. The summed E-state index contributed by atoms with van der Waals surface area (Å²) in [6.07, 6.45) is 2.78. The van der Waals surface area contributed by atoms with Gasteiger partial charge in [-0.05, 0) is 42.7 Å². The molecule has 0 bridgehead atoms. The molecule has 0 heterocycles. The van der Waals surface area contributed by atoms with Crippen molar-refractivity contribution in [1.82, 2.24) is 10.2 Å². The minimum Gasteiger partial charge on any atom is -0.398 e. The number of benzene rings is 1. The monoisotopic (exact) mass is 392 g/mol. The Morgan fingerprint density at radius 1 is 1.29 bits per heavy atom. The fourth-order valence-electron chi connectivity index (χ4n) is 2.57. The Bertz CT molecular complexity index is 788. The van der Waals surface area contributed by atoms with Crippen LogP contribution in [-0.4, -0.2) is 48.6 Å². The number of nitrogens with two attached hydrogens (primary N) is 2. The molecular formula is C20H29FN4O3. The van der Waals surface area contributed by atoms with Gasteiger partial charge in [-0.25, -0.2) is 4.39 Å². The maximum Gasteiger partial charge on any atom is 0.269 e. The summed E-state index contributed by atoms with van der Waals surface area (Å²) >= 11 is 0. The van der Waals surface area contributed by atoms with Crippen LogP contribution >= 0.6 is 0 Å². The van der Waals surface area contributed by atoms with Crippen molar-refractivity contribution in [2.75, 3.05) is 26.7 Å². The number of carbonyl (C=O) groups excluding carboxylic acids is 2. The van der Waals surface area contributed by atoms with Crippen LogP contribution in [-0.2, 0) is 4.79 Å². The highest BCUT2D eigenvalue weighted by molar-refractivity contribution is 5.95. The Morgan fingerprint density at radius 2 is 1.93 bits per heavy atom. The van der Waals surface area contributed by atoms with E-state index < -0.39 is 11.7 Å². The third kappa shape index (κ3) is 6.38. The highest BCUT2D eigenvalue weighted by Gasteiger charge is 2.15. The lowest BCUT2D eigenvalue weighted by molar-refractivity contribution is -0.126. The predicted molar refractivity (Wildman–Crippen MR) is 107 cm³/mol. The first-order valence-corrected chi connectivity index (χ1v) is 8.96. The molecule has 8 heteroatoms.